The molecule has 1 aromatic carbocycles. The number of benzene rings is 1. The highest BCUT2D eigenvalue weighted by Crippen LogP contribution is 2.18. The molecule has 2 rings (SSSR count). The SMILES string of the molecule is Cc1c(/C=N/Nc2ccc(F)cc2)c(O)n(C)c(=O)c1C#N. The van der Waals surface area contributed by atoms with E-state index in [4.69, 9.17) is 5.26 Å². The Balaban J connectivity index is 2.35. The topological polar surface area (TPSA) is 90.4 Å². The third-order valence-electron chi connectivity index (χ3n) is 3.20. The van der Waals surface area contributed by atoms with Crippen LogP contribution in [0.3, 0.4) is 0 Å². The zero-order chi connectivity index (χ0) is 16.3. The second-order valence-electron chi connectivity index (χ2n) is 4.59. The van der Waals surface area contributed by atoms with Crippen molar-refractivity contribution < 1.29 is 9.50 Å². The Morgan fingerprint density at radius 3 is 2.64 bits per heavy atom. The Kier molecular flexibility index (Phi) is 4.23. The van der Waals surface area contributed by atoms with Crippen LogP contribution in [0.25, 0.3) is 0 Å². The van der Waals surface area contributed by atoms with Crippen molar-refractivity contribution in [3.8, 4) is 11.9 Å². The van der Waals surface area contributed by atoms with E-state index in [1.807, 2.05) is 6.07 Å². The van der Waals surface area contributed by atoms with E-state index in [0.717, 1.165) is 4.57 Å². The van der Waals surface area contributed by atoms with Crippen molar-refractivity contribution in [3.05, 3.63) is 57.1 Å². The van der Waals surface area contributed by atoms with Crippen LogP contribution in [0.5, 0.6) is 5.88 Å². The molecule has 0 saturated carbocycles. The van der Waals surface area contributed by atoms with Crippen LogP contribution in [0, 0.1) is 24.1 Å². The lowest BCUT2D eigenvalue weighted by Gasteiger charge is -2.09. The molecule has 1 heterocycles. The van der Waals surface area contributed by atoms with Gasteiger partial charge in [0.1, 0.15) is 17.4 Å². The van der Waals surface area contributed by atoms with Crippen molar-refractivity contribution in [3.63, 3.8) is 0 Å². The van der Waals surface area contributed by atoms with Gasteiger partial charge in [0.2, 0.25) is 5.88 Å². The van der Waals surface area contributed by atoms with Gasteiger partial charge in [0, 0.05) is 7.05 Å². The second-order valence-corrected chi connectivity index (χ2v) is 4.59. The quantitative estimate of drug-likeness (QED) is 0.668. The summed E-state index contributed by atoms with van der Waals surface area (Å²) in [6.45, 7) is 1.55. The number of aromatic nitrogens is 1. The van der Waals surface area contributed by atoms with Gasteiger partial charge in [-0.05, 0) is 36.8 Å². The van der Waals surface area contributed by atoms with Crippen LogP contribution in [0.2, 0.25) is 0 Å². The molecule has 0 aliphatic rings. The summed E-state index contributed by atoms with van der Waals surface area (Å²) in [6.07, 6.45) is 1.30. The highest BCUT2D eigenvalue weighted by molar-refractivity contribution is 5.86. The Labute approximate surface area is 125 Å². The summed E-state index contributed by atoms with van der Waals surface area (Å²) in [4.78, 5) is 11.8. The number of hydrogen-bond acceptors (Lipinski definition) is 5. The van der Waals surface area contributed by atoms with Gasteiger partial charge >= 0.3 is 0 Å². The molecule has 0 atom stereocenters. The fraction of sp³-hybridized carbons (Fsp3) is 0.133. The summed E-state index contributed by atoms with van der Waals surface area (Å²) in [6, 6.07) is 7.38. The number of pyridine rings is 1. The van der Waals surface area contributed by atoms with E-state index in [-0.39, 0.29) is 22.8 Å². The van der Waals surface area contributed by atoms with E-state index in [9.17, 15) is 14.3 Å². The third-order valence-corrected chi connectivity index (χ3v) is 3.20. The second kappa shape index (κ2) is 6.10. The normalized spacial score (nSPS) is 10.6. The number of nitrogens with one attached hydrogen (secondary N) is 1. The molecule has 0 radical (unpaired) electrons. The minimum atomic E-state index is -0.568. The zero-order valence-electron chi connectivity index (χ0n) is 12.0. The largest absolute Gasteiger partial charge is 0.494 e. The predicted molar refractivity (Wildman–Crippen MR) is 80.4 cm³/mol. The van der Waals surface area contributed by atoms with Crippen LogP contribution in [0.1, 0.15) is 16.7 Å². The number of aromatic hydroxyl groups is 1. The number of rotatable bonds is 3. The number of hydrazone groups is 1. The summed E-state index contributed by atoms with van der Waals surface area (Å²) >= 11 is 0. The van der Waals surface area contributed by atoms with Crippen molar-refractivity contribution in [1.29, 1.82) is 5.26 Å². The molecule has 6 nitrogen and oxygen atoms in total. The molecule has 112 valence electrons. The van der Waals surface area contributed by atoms with Gasteiger partial charge in [-0.15, -0.1) is 0 Å². The van der Waals surface area contributed by atoms with E-state index in [1.54, 1.807) is 6.92 Å². The number of nitrogens with zero attached hydrogens (tertiary/aromatic N) is 3. The van der Waals surface area contributed by atoms with Gasteiger partial charge < -0.3 is 5.11 Å². The maximum Gasteiger partial charge on any atom is 0.271 e. The molecule has 0 amide bonds. The van der Waals surface area contributed by atoms with Gasteiger partial charge in [0.15, 0.2) is 0 Å². The number of halogens is 1. The van der Waals surface area contributed by atoms with E-state index in [0.29, 0.717) is 11.3 Å². The van der Waals surface area contributed by atoms with Crippen LogP contribution in [-0.2, 0) is 7.05 Å². The molecular formula is C15H13FN4O2. The number of anilines is 1. The molecule has 0 unspecified atom stereocenters. The third kappa shape index (κ3) is 2.81. The van der Waals surface area contributed by atoms with Gasteiger partial charge in [-0.1, -0.05) is 0 Å². The lowest BCUT2D eigenvalue weighted by atomic mass is 10.1. The van der Waals surface area contributed by atoms with Crippen LogP contribution in [-0.4, -0.2) is 15.9 Å². The molecule has 0 bridgehead atoms. The van der Waals surface area contributed by atoms with Crippen molar-refractivity contribution in [2.75, 3.05) is 5.43 Å². The van der Waals surface area contributed by atoms with Crippen molar-refractivity contribution in [2.45, 2.75) is 6.92 Å². The Hall–Kier alpha value is -3.14. The first-order valence-corrected chi connectivity index (χ1v) is 6.33. The van der Waals surface area contributed by atoms with Crippen molar-refractivity contribution >= 4 is 11.9 Å². The molecule has 7 heteroatoms. The number of hydrogen-bond donors (Lipinski definition) is 2. The van der Waals surface area contributed by atoms with Gasteiger partial charge in [-0.25, -0.2) is 4.39 Å². The highest BCUT2D eigenvalue weighted by atomic mass is 19.1. The molecular weight excluding hydrogens is 287 g/mol. The standard InChI is InChI=1S/C15H13FN4O2/c1-9-12(7-17)14(21)20(2)15(22)13(9)8-18-19-11-5-3-10(16)4-6-11/h3-6,8,19,22H,1-2H3/b18-8+. The average molecular weight is 300 g/mol. The van der Waals surface area contributed by atoms with Gasteiger partial charge in [-0.2, -0.15) is 10.4 Å². The molecule has 1 aromatic heterocycles. The molecule has 0 aliphatic carbocycles. The maximum absolute atomic E-state index is 12.8. The fourth-order valence-electron chi connectivity index (χ4n) is 1.89. The summed E-state index contributed by atoms with van der Waals surface area (Å²) < 4.78 is 13.8. The fourth-order valence-corrected chi connectivity index (χ4v) is 1.89. The highest BCUT2D eigenvalue weighted by Gasteiger charge is 2.15. The van der Waals surface area contributed by atoms with Gasteiger partial charge in [0.05, 0.1) is 17.5 Å². The van der Waals surface area contributed by atoms with Crippen molar-refractivity contribution in [1.82, 2.24) is 4.57 Å². The first-order chi connectivity index (χ1) is 10.5. The van der Waals surface area contributed by atoms with Gasteiger partial charge in [-0.3, -0.25) is 14.8 Å². The van der Waals surface area contributed by atoms with E-state index < -0.39 is 5.56 Å². The van der Waals surface area contributed by atoms with Crippen LogP contribution in [0.4, 0.5) is 10.1 Å². The average Bonchev–Trinajstić information content (AvgIpc) is 2.51. The smallest absolute Gasteiger partial charge is 0.271 e. The lowest BCUT2D eigenvalue weighted by Crippen LogP contribution is -2.22. The molecule has 0 spiro atoms. The Morgan fingerprint density at radius 2 is 2.05 bits per heavy atom. The Morgan fingerprint density at radius 1 is 1.41 bits per heavy atom. The first-order valence-electron chi connectivity index (χ1n) is 6.33. The van der Waals surface area contributed by atoms with E-state index in [1.165, 1.54) is 37.5 Å². The molecule has 0 saturated heterocycles. The monoisotopic (exact) mass is 300 g/mol. The van der Waals surface area contributed by atoms with Crippen LogP contribution in [0.15, 0.2) is 34.2 Å². The molecule has 0 fully saturated rings. The van der Waals surface area contributed by atoms with Crippen LogP contribution < -0.4 is 11.0 Å². The van der Waals surface area contributed by atoms with Crippen LogP contribution >= 0.6 is 0 Å². The summed E-state index contributed by atoms with van der Waals surface area (Å²) in [5, 5.41) is 23.0. The molecule has 22 heavy (non-hydrogen) atoms. The minimum absolute atomic E-state index is 0.0523. The van der Waals surface area contributed by atoms with Crippen molar-refractivity contribution in [2.24, 2.45) is 12.1 Å². The molecule has 0 aliphatic heterocycles. The predicted octanol–water partition coefficient (Wildman–Crippen LogP) is 1.86. The summed E-state index contributed by atoms with van der Waals surface area (Å²) in [5.41, 5.74) is 3.20. The summed E-state index contributed by atoms with van der Waals surface area (Å²) in [7, 11) is 1.36. The molecule has 2 N–H and O–H groups in total. The maximum atomic E-state index is 12.8. The minimum Gasteiger partial charge on any atom is -0.494 e. The van der Waals surface area contributed by atoms with Gasteiger partial charge in [0.25, 0.3) is 5.56 Å². The molecule has 2 aromatic rings. The first kappa shape index (κ1) is 15.3. The number of nitriles is 1. The Bertz CT molecular complexity index is 833. The lowest BCUT2D eigenvalue weighted by molar-refractivity contribution is 0.421. The summed E-state index contributed by atoms with van der Waals surface area (Å²) in [5.74, 6) is -0.647. The van der Waals surface area contributed by atoms with E-state index >= 15 is 0 Å². The van der Waals surface area contributed by atoms with E-state index in [2.05, 4.69) is 10.5 Å². The zero-order valence-corrected chi connectivity index (χ0v) is 12.0.